The zero-order chi connectivity index (χ0) is 18.5. The van der Waals surface area contributed by atoms with Gasteiger partial charge in [-0.2, -0.15) is 4.80 Å². The number of carbonyl (C=O) groups excluding carboxylic acids is 1. The predicted molar refractivity (Wildman–Crippen MR) is 99.1 cm³/mol. The number of rotatable bonds is 4. The number of aromatic nitrogens is 4. The molecule has 2 aliphatic carbocycles. The van der Waals surface area contributed by atoms with Crippen LogP contribution in [0.15, 0.2) is 24.3 Å². The van der Waals surface area contributed by atoms with E-state index in [0.29, 0.717) is 11.7 Å². The molecule has 1 aromatic heterocycles. The Hall–Kier alpha value is -2.24. The molecule has 26 heavy (non-hydrogen) atoms. The van der Waals surface area contributed by atoms with Crippen LogP contribution in [0.1, 0.15) is 45.6 Å². The van der Waals surface area contributed by atoms with Crippen LogP contribution in [0, 0.1) is 23.7 Å². The van der Waals surface area contributed by atoms with Crippen LogP contribution in [0.25, 0.3) is 11.4 Å². The van der Waals surface area contributed by atoms with Crippen LogP contribution < -0.4 is 5.32 Å². The number of nitrogens with zero attached hydrogens (tertiary/aromatic N) is 4. The smallest absolute Gasteiger partial charge is 0.243 e. The van der Waals surface area contributed by atoms with Gasteiger partial charge in [-0.15, -0.1) is 10.2 Å². The van der Waals surface area contributed by atoms with Crippen LogP contribution in [0.4, 0.5) is 0 Å². The molecule has 2 aromatic rings. The van der Waals surface area contributed by atoms with E-state index in [1.807, 2.05) is 31.2 Å². The summed E-state index contributed by atoms with van der Waals surface area (Å²) in [5.41, 5.74) is 2.55. The number of fused-ring (bicyclic) bond motifs is 2. The van der Waals surface area contributed by atoms with E-state index in [-0.39, 0.29) is 29.3 Å². The van der Waals surface area contributed by atoms with Gasteiger partial charge in [0.05, 0.1) is 0 Å². The van der Waals surface area contributed by atoms with Gasteiger partial charge < -0.3 is 5.32 Å². The van der Waals surface area contributed by atoms with Gasteiger partial charge in [0.1, 0.15) is 6.54 Å². The molecule has 2 fully saturated rings. The van der Waals surface area contributed by atoms with Gasteiger partial charge in [0, 0.05) is 11.6 Å². The molecular formula is C20H27N5O. The monoisotopic (exact) mass is 353 g/mol. The Kier molecular flexibility index (Phi) is 3.90. The maximum Gasteiger partial charge on any atom is 0.243 e. The molecule has 1 heterocycles. The average molecular weight is 353 g/mol. The number of amides is 1. The SMILES string of the molecule is Cc1ccc(-c2nnn(CC(=O)N[C@H]3C[C@H]4CC[C@@]3(C)C4(C)C)n2)cc1. The maximum atomic E-state index is 12.5. The van der Waals surface area contributed by atoms with E-state index in [0.717, 1.165) is 12.0 Å². The van der Waals surface area contributed by atoms with Crippen molar-refractivity contribution in [1.82, 2.24) is 25.5 Å². The van der Waals surface area contributed by atoms with E-state index >= 15 is 0 Å². The molecule has 0 saturated heterocycles. The standard InChI is InChI=1S/C20H27N5O/c1-13-5-7-14(8-6-13)18-22-24-25(23-18)12-17(26)21-16-11-15-9-10-20(16,4)19(15,2)3/h5-8,15-16H,9-12H2,1-4H3,(H,21,26)/t15-,16+,20-/m1/s1. The Bertz CT molecular complexity index is 825. The zero-order valence-electron chi connectivity index (χ0n) is 16.0. The second kappa shape index (κ2) is 5.89. The molecule has 0 radical (unpaired) electrons. The van der Waals surface area contributed by atoms with Crippen molar-refractivity contribution < 1.29 is 4.79 Å². The number of hydrogen-bond donors (Lipinski definition) is 1. The number of benzene rings is 1. The van der Waals surface area contributed by atoms with E-state index < -0.39 is 0 Å². The lowest BCUT2D eigenvalue weighted by Crippen LogP contribution is -2.47. The first-order valence-electron chi connectivity index (χ1n) is 9.44. The summed E-state index contributed by atoms with van der Waals surface area (Å²) in [4.78, 5) is 13.9. The zero-order valence-corrected chi connectivity index (χ0v) is 16.0. The highest BCUT2D eigenvalue weighted by Crippen LogP contribution is 2.65. The number of tetrazole rings is 1. The van der Waals surface area contributed by atoms with Crippen molar-refractivity contribution in [3.8, 4) is 11.4 Å². The van der Waals surface area contributed by atoms with E-state index in [2.05, 4.69) is 41.5 Å². The highest BCUT2D eigenvalue weighted by Gasteiger charge is 2.61. The van der Waals surface area contributed by atoms with Gasteiger partial charge in [-0.05, 0) is 48.1 Å². The molecule has 4 rings (SSSR count). The summed E-state index contributed by atoms with van der Waals surface area (Å²) in [6, 6.07) is 8.20. The third kappa shape index (κ3) is 2.63. The van der Waals surface area contributed by atoms with Crippen molar-refractivity contribution in [3.05, 3.63) is 29.8 Å². The fraction of sp³-hybridized carbons (Fsp3) is 0.600. The van der Waals surface area contributed by atoms with Gasteiger partial charge >= 0.3 is 0 Å². The number of aryl methyl sites for hydroxylation is 1. The van der Waals surface area contributed by atoms with Gasteiger partial charge in [-0.25, -0.2) is 0 Å². The third-order valence-electron chi connectivity index (χ3n) is 7.18. The summed E-state index contributed by atoms with van der Waals surface area (Å²) in [5, 5.41) is 15.7. The molecule has 2 saturated carbocycles. The van der Waals surface area contributed by atoms with Gasteiger partial charge in [0.25, 0.3) is 0 Å². The van der Waals surface area contributed by atoms with Gasteiger partial charge in [0.2, 0.25) is 11.7 Å². The predicted octanol–water partition coefficient (Wildman–Crippen LogP) is 2.98. The molecule has 1 aromatic carbocycles. The van der Waals surface area contributed by atoms with Crippen molar-refractivity contribution in [2.24, 2.45) is 16.7 Å². The molecule has 1 N–H and O–H groups in total. The fourth-order valence-electron chi connectivity index (χ4n) is 4.92. The topological polar surface area (TPSA) is 72.7 Å². The summed E-state index contributed by atoms with van der Waals surface area (Å²) in [7, 11) is 0. The van der Waals surface area contributed by atoms with Gasteiger partial charge in [0.15, 0.2) is 0 Å². The van der Waals surface area contributed by atoms with Crippen LogP contribution in [0.2, 0.25) is 0 Å². The minimum absolute atomic E-state index is 0.0348. The summed E-state index contributed by atoms with van der Waals surface area (Å²) in [6.07, 6.45) is 3.55. The minimum atomic E-state index is -0.0348. The first kappa shape index (κ1) is 17.2. The first-order valence-corrected chi connectivity index (χ1v) is 9.44. The quantitative estimate of drug-likeness (QED) is 0.917. The lowest BCUT2D eigenvalue weighted by Gasteiger charge is -2.39. The first-order chi connectivity index (χ1) is 12.3. The molecule has 0 aliphatic heterocycles. The Balaban J connectivity index is 1.41. The summed E-state index contributed by atoms with van der Waals surface area (Å²) < 4.78 is 0. The second-order valence-corrected chi connectivity index (χ2v) is 8.74. The molecule has 6 heteroatoms. The van der Waals surface area contributed by atoms with Crippen LogP contribution in [-0.4, -0.2) is 32.2 Å². The van der Waals surface area contributed by atoms with Crippen molar-refractivity contribution in [3.63, 3.8) is 0 Å². The normalized spacial score (nSPS) is 29.1. The van der Waals surface area contributed by atoms with Crippen molar-refractivity contribution in [1.29, 1.82) is 0 Å². The molecule has 3 atom stereocenters. The minimum Gasteiger partial charge on any atom is -0.351 e. The molecule has 1 amide bonds. The lowest BCUT2D eigenvalue weighted by atomic mass is 9.69. The molecule has 6 nitrogen and oxygen atoms in total. The summed E-state index contributed by atoms with van der Waals surface area (Å²) in [6.45, 7) is 9.17. The lowest BCUT2D eigenvalue weighted by molar-refractivity contribution is -0.123. The molecule has 0 unspecified atom stereocenters. The van der Waals surface area contributed by atoms with E-state index in [4.69, 9.17) is 0 Å². The number of nitrogens with one attached hydrogen (secondary N) is 1. The van der Waals surface area contributed by atoms with Crippen molar-refractivity contribution in [2.45, 2.75) is 59.5 Å². The second-order valence-electron chi connectivity index (χ2n) is 8.74. The fourth-order valence-corrected chi connectivity index (χ4v) is 4.92. The molecule has 138 valence electrons. The van der Waals surface area contributed by atoms with Gasteiger partial charge in [-0.3, -0.25) is 4.79 Å². The highest BCUT2D eigenvalue weighted by molar-refractivity contribution is 5.76. The Labute approximate surface area is 154 Å². The van der Waals surface area contributed by atoms with E-state index in [9.17, 15) is 4.79 Å². The number of carbonyl (C=O) groups is 1. The third-order valence-corrected chi connectivity index (χ3v) is 7.18. The largest absolute Gasteiger partial charge is 0.351 e. The van der Waals surface area contributed by atoms with E-state index in [1.165, 1.54) is 23.2 Å². The van der Waals surface area contributed by atoms with Crippen LogP contribution in [0.3, 0.4) is 0 Å². The summed E-state index contributed by atoms with van der Waals surface area (Å²) in [5.74, 6) is 1.22. The number of hydrogen-bond acceptors (Lipinski definition) is 4. The maximum absolute atomic E-state index is 12.5. The molecule has 2 aliphatic rings. The molecule has 2 bridgehead atoms. The Morgan fingerprint density at radius 3 is 2.62 bits per heavy atom. The molecule has 0 spiro atoms. The summed E-state index contributed by atoms with van der Waals surface area (Å²) >= 11 is 0. The van der Waals surface area contributed by atoms with Crippen LogP contribution >= 0.6 is 0 Å². The Morgan fingerprint density at radius 2 is 2.00 bits per heavy atom. The van der Waals surface area contributed by atoms with E-state index in [1.54, 1.807) is 0 Å². The Morgan fingerprint density at radius 1 is 1.27 bits per heavy atom. The van der Waals surface area contributed by atoms with Crippen molar-refractivity contribution in [2.75, 3.05) is 0 Å². The highest BCUT2D eigenvalue weighted by atomic mass is 16.2. The van der Waals surface area contributed by atoms with Crippen LogP contribution in [-0.2, 0) is 11.3 Å². The van der Waals surface area contributed by atoms with Gasteiger partial charge in [-0.1, -0.05) is 50.6 Å². The van der Waals surface area contributed by atoms with Crippen molar-refractivity contribution >= 4 is 5.91 Å². The average Bonchev–Trinajstić information content (AvgIpc) is 3.18. The molecular weight excluding hydrogens is 326 g/mol. The van der Waals surface area contributed by atoms with Crippen LogP contribution in [0.5, 0.6) is 0 Å².